The summed E-state index contributed by atoms with van der Waals surface area (Å²) < 4.78 is 5.06. The number of amides is 1. The van der Waals surface area contributed by atoms with E-state index >= 15 is 0 Å². The van der Waals surface area contributed by atoms with Crippen molar-refractivity contribution < 1.29 is 14.6 Å². The Kier molecular flexibility index (Phi) is 3.01. The van der Waals surface area contributed by atoms with Gasteiger partial charge in [-0.2, -0.15) is 4.98 Å². The molecule has 20 heavy (non-hydrogen) atoms. The Morgan fingerprint density at radius 1 is 1.50 bits per heavy atom. The number of nitrogens with one attached hydrogen (secondary N) is 1. The van der Waals surface area contributed by atoms with Crippen LogP contribution in [0.4, 0.5) is 5.82 Å². The third-order valence-corrected chi connectivity index (χ3v) is 3.92. The fraction of sp³-hybridized carbons (Fsp3) is 0.615. The van der Waals surface area contributed by atoms with Gasteiger partial charge in [0.05, 0.1) is 18.6 Å². The number of aromatic nitrogens is 2. The van der Waals surface area contributed by atoms with Crippen molar-refractivity contribution in [2.75, 3.05) is 31.6 Å². The summed E-state index contributed by atoms with van der Waals surface area (Å²) >= 11 is 0. The maximum atomic E-state index is 12.0. The Morgan fingerprint density at radius 3 is 2.95 bits per heavy atom. The van der Waals surface area contributed by atoms with Gasteiger partial charge in [-0.15, -0.1) is 0 Å². The van der Waals surface area contributed by atoms with Gasteiger partial charge in [0.1, 0.15) is 5.82 Å². The number of aliphatic hydroxyl groups is 1. The molecule has 7 nitrogen and oxygen atoms in total. The number of nitrogens with zero attached hydrogens (tertiary/aromatic N) is 3. The van der Waals surface area contributed by atoms with Crippen molar-refractivity contribution in [1.29, 1.82) is 0 Å². The highest BCUT2D eigenvalue weighted by Crippen LogP contribution is 2.39. The number of aryl methyl sites for hydroxylation is 1. The van der Waals surface area contributed by atoms with Crippen LogP contribution >= 0.6 is 0 Å². The number of aliphatic hydroxyl groups excluding tert-OH is 1. The molecule has 2 N–H and O–H groups in total. The van der Waals surface area contributed by atoms with Crippen LogP contribution in [-0.4, -0.2) is 53.8 Å². The van der Waals surface area contributed by atoms with Gasteiger partial charge in [0.2, 0.25) is 5.91 Å². The van der Waals surface area contributed by atoms with Gasteiger partial charge in [0, 0.05) is 31.4 Å². The van der Waals surface area contributed by atoms with E-state index in [2.05, 4.69) is 15.3 Å². The molecule has 7 heteroatoms. The van der Waals surface area contributed by atoms with E-state index in [-0.39, 0.29) is 5.91 Å². The Labute approximate surface area is 117 Å². The van der Waals surface area contributed by atoms with Crippen LogP contribution in [0.3, 0.4) is 0 Å². The molecule has 0 bridgehead atoms. The van der Waals surface area contributed by atoms with E-state index in [1.54, 1.807) is 0 Å². The first-order valence-electron chi connectivity index (χ1n) is 6.63. The molecule has 2 aliphatic rings. The maximum Gasteiger partial charge on any atom is 0.318 e. The van der Waals surface area contributed by atoms with Crippen LogP contribution in [0, 0.1) is 12.3 Å². The van der Waals surface area contributed by atoms with Crippen molar-refractivity contribution in [2.24, 2.45) is 5.41 Å². The van der Waals surface area contributed by atoms with Crippen molar-refractivity contribution in [3.05, 3.63) is 11.8 Å². The van der Waals surface area contributed by atoms with Crippen LogP contribution in [0.1, 0.15) is 12.1 Å². The summed E-state index contributed by atoms with van der Waals surface area (Å²) in [7, 11) is 1.53. The number of hydrogen-bond donors (Lipinski definition) is 2. The summed E-state index contributed by atoms with van der Waals surface area (Å²) in [5.41, 5.74) is 0.338. The number of carbonyl (C=O) groups excluding carboxylic acids is 1. The molecule has 2 aliphatic heterocycles. The second-order valence-corrected chi connectivity index (χ2v) is 5.56. The maximum absolute atomic E-state index is 12.0. The van der Waals surface area contributed by atoms with Gasteiger partial charge in [-0.3, -0.25) is 4.79 Å². The number of ether oxygens (including phenoxy) is 1. The summed E-state index contributed by atoms with van der Waals surface area (Å²) in [6, 6.07) is 2.20. The predicted octanol–water partition coefficient (Wildman–Crippen LogP) is -0.519. The quantitative estimate of drug-likeness (QED) is 0.757. The van der Waals surface area contributed by atoms with Gasteiger partial charge in [-0.05, 0) is 13.3 Å². The lowest BCUT2D eigenvalue weighted by molar-refractivity contribution is -0.139. The van der Waals surface area contributed by atoms with Crippen LogP contribution in [0.15, 0.2) is 6.07 Å². The van der Waals surface area contributed by atoms with Crippen molar-refractivity contribution in [3.8, 4) is 6.01 Å². The minimum atomic E-state index is -0.482. The van der Waals surface area contributed by atoms with E-state index in [4.69, 9.17) is 4.74 Å². The highest BCUT2D eigenvalue weighted by molar-refractivity contribution is 5.87. The standard InChI is InChI=1S/C13H18N4O3/c1-8-3-10(16-12(15-8)20-2)17-6-13(7-17)4-9(18)5-14-11(13)19/h3,9,18H,4-7H2,1-2H3,(H,14,19). The number of methoxy groups -OCH3 is 1. The SMILES string of the molecule is COc1nc(C)cc(N2CC3(CC(O)CNC3=O)C2)n1. The number of hydrogen-bond acceptors (Lipinski definition) is 6. The highest BCUT2D eigenvalue weighted by Gasteiger charge is 2.52. The van der Waals surface area contributed by atoms with Crippen LogP contribution in [-0.2, 0) is 4.79 Å². The third kappa shape index (κ3) is 2.07. The van der Waals surface area contributed by atoms with E-state index in [1.165, 1.54) is 7.11 Å². The van der Waals surface area contributed by atoms with Gasteiger partial charge >= 0.3 is 6.01 Å². The second kappa shape index (κ2) is 4.59. The first kappa shape index (κ1) is 13.1. The molecule has 0 aromatic carbocycles. The molecule has 0 aliphatic carbocycles. The molecule has 1 aromatic heterocycles. The molecule has 108 valence electrons. The van der Waals surface area contributed by atoms with Crippen molar-refractivity contribution in [1.82, 2.24) is 15.3 Å². The van der Waals surface area contributed by atoms with Crippen LogP contribution in [0.2, 0.25) is 0 Å². The number of carbonyl (C=O) groups is 1. The molecular formula is C13H18N4O3. The molecule has 1 aromatic rings. The lowest BCUT2D eigenvalue weighted by Gasteiger charge is -2.52. The molecule has 1 atom stereocenters. The van der Waals surface area contributed by atoms with Crippen molar-refractivity contribution in [2.45, 2.75) is 19.4 Å². The number of piperidine rings is 1. The Hall–Kier alpha value is -1.89. The first-order valence-corrected chi connectivity index (χ1v) is 6.63. The summed E-state index contributed by atoms with van der Waals surface area (Å²) in [5.74, 6) is 0.782. The minimum absolute atomic E-state index is 0.0248. The minimum Gasteiger partial charge on any atom is -0.467 e. The van der Waals surface area contributed by atoms with Gasteiger partial charge in [0.15, 0.2) is 0 Å². The van der Waals surface area contributed by atoms with Crippen molar-refractivity contribution >= 4 is 11.7 Å². The van der Waals surface area contributed by atoms with Gasteiger partial charge in [-0.25, -0.2) is 4.98 Å². The average Bonchev–Trinajstić information content (AvgIpc) is 2.38. The number of anilines is 1. The summed E-state index contributed by atoms with van der Waals surface area (Å²) in [6.45, 7) is 3.35. The lowest BCUT2D eigenvalue weighted by atomic mass is 9.72. The first-order chi connectivity index (χ1) is 9.52. The largest absolute Gasteiger partial charge is 0.467 e. The zero-order chi connectivity index (χ0) is 14.3. The molecule has 0 radical (unpaired) electrons. The normalized spacial score (nSPS) is 24.2. The van der Waals surface area contributed by atoms with Gasteiger partial charge < -0.3 is 20.1 Å². The zero-order valence-corrected chi connectivity index (χ0v) is 11.6. The second-order valence-electron chi connectivity index (χ2n) is 5.56. The van der Waals surface area contributed by atoms with Crippen LogP contribution in [0.5, 0.6) is 6.01 Å². The lowest BCUT2D eigenvalue weighted by Crippen LogP contribution is -2.67. The molecule has 1 spiro atoms. The van der Waals surface area contributed by atoms with Crippen molar-refractivity contribution in [3.63, 3.8) is 0 Å². The molecule has 3 rings (SSSR count). The number of rotatable bonds is 2. The molecule has 2 fully saturated rings. The fourth-order valence-corrected chi connectivity index (χ4v) is 2.91. The van der Waals surface area contributed by atoms with E-state index in [0.29, 0.717) is 32.1 Å². The molecule has 2 saturated heterocycles. The van der Waals surface area contributed by atoms with Gasteiger partial charge in [-0.1, -0.05) is 0 Å². The summed E-state index contributed by atoms with van der Waals surface area (Å²) in [6.07, 6.45) is 0.0489. The monoisotopic (exact) mass is 278 g/mol. The predicted molar refractivity (Wildman–Crippen MR) is 71.6 cm³/mol. The zero-order valence-electron chi connectivity index (χ0n) is 11.6. The summed E-state index contributed by atoms with van der Waals surface area (Å²) in [4.78, 5) is 22.5. The topological polar surface area (TPSA) is 87.6 Å². The third-order valence-electron chi connectivity index (χ3n) is 3.92. The fourth-order valence-electron chi connectivity index (χ4n) is 2.91. The molecule has 1 amide bonds. The Balaban J connectivity index is 1.76. The summed E-state index contributed by atoms with van der Waals surface area (Å²) in [5, 5.41) is 12.5. The molecular weight excluding hydrogens is 260 g/mol. The van der Waals surface area contributed by atoms with E-state index in [0.717, 1.165) is 11.5 Å². The number of β-amino-alcohol motifs (C(OH)–C–C–N with tert-alkyl or cyclic N) is 1. The van der Waals surface area contributed by atoms with Crippen LogP contribution in [0.25, 0.3) is 0 Å². The van der Waals surface area contributed by atoms with Gasteiger partial charge in [0.25, 0.3) is 0 Å². The Bertz CT molecular complexity index is 542. The van der Waals surface area contributed by atoms with E-state index in [1.807, 2.05) is 17.9 Å². The average molecular weight is 278 g/mol. The molecule has 1 unspecified atom stereocenters. The smallest absolute Gasteiger partial charge is 0.318 e. The molecule has 0 saturated carbocycles. The Morgan fingerprint density at radius 2 is 2.25 bits per heavy atom. The van der Waals surface area contributed by atoms with Crippen LogP contribution < -0.4 is 15.0 Å². The van der Waals surface area contributed by atoms with E-state index < -0.39 is 11.5 Å². The highest BCUT2D eigenvalue weighted by atomic mass is 16.5. The van der Waals surface area contributed by atoms with E-state index in [9.17, 15) is 9.90 Å². The molecule has 3 heterocycles.